The molecule has 3 heteroatoms. The van der Waals surface area contributed by atoms with Crippen molar-refractivity contribution < 1.29 is 4.79 Å². The minimum absolute atomic E-state index is 0.0556. The number of unbranched alkanes of at least 4 members (excludes halogenated alkanes) is 8. The number of rotatable bonds is 13. The van der Waals surface area contributed by atoms with E-state index in [0.717, 1.165) is 0 Å². The molecule has 0 aliphatic heterocycles. The molecule has 0 radical (unpaired) electrons. The van der Waals surface area contributed by atoms with Crippen molar-refractivity contribution in [3.8, 4) is 0 Å². The summed E-state index contributed by atoms with van der Waals surface area (Å²) in [5.74, 6) is -0.0556. The first-order valence-electron chi connectivity index (χ1n) is 9.58. The van der Waals surface area contributed by atoms with Crippen LogP contribution < -0.4 is 5.73 Å². The van der Waals surface area contributed by atoms with Crippen molar-refractivity contribution in [3.63, 3.8) is 0 Å². The number of carbonyl (C=O) groups excluding carboxylic acids is 1. The normalized spacial score (nSPS) is 11.3. The molecule has 0 bridgehead atoms. The van der Waals surface area contributed by atoms with Gasteiger partial charge in [-0.25, -0.2) is 0 Å². The van der Waals surface area contributed by atoms with Gasteiger partial charge < -0.3 is 10.6 Å². The van der Waals surface area contributed by atoms with Gasteiger partial charge >= 0.3 is 0 Å². The lowest BCUT2D eigenvalue weighted by molar-refractivity contribution is -0.123. The van der Waals surface area contributed by atoms with Gasteiger partial charge in [0.25, 0.3) is 0 Å². The van der Waals surface area contributed by atoms with E-state index >= 15 is 0 Å². The molecule has 1 atom stereocenters. The lowest BCUT2D eigenvalue weighted by atomic mass is 10.0. The molecule has 0 aromatic rings. The molecule has 138 valence electrons. The number of nitrogens with two attached hydrogens (primary N) is 1. The quantitative estimate of drug-likeness (QED) is 0.369. The molecule has 0 aromatic carbocycles. The summed E-state index contributed by atoms with van der Waals surface area (Å²) >= 11 is 0. The summed E-state index contributed by atoms with van der Waals surface area (Å²) in [6.45, 7) is 7.79. The number of likely N-dealkylation sites (N-methyl/N-ethyl adjacent to an activating group) is 1. The van der Waals surface area contributed by atoms with Crippen molar-refractivity contribution in [3.05, 3.63) is 12.7 Å². The number of hydrogen-bond donors (Lipinski definition) is 1. The number of hydrogen-bond acceptors (Lipinski definition) is 2. The van der Waals surface area contributed by atoms with Crippen molar-refractivity contribution in [2.24, 2.45) is 5.73 Å². The Morgan fingerprint density at radius 2 is 1.39 bits per heavy atom. The molecule has 0 fully saturated rings. The highest BCUT2D eigenvalue weighted by Crippen LogP contribution is 2.11. The molecule has 0 aliphatic carbocycles. The highest BCUT2D eigenvalue weighted by molar-refractivity contribution is 5.86. The fourth-order valence-corrected chi connectivity index (χ4v) is 2.41. The van der Waals surface area contributed by atoms with Crippen molar-refractivity contribution >= 4 is 5.91 Å². The molecule has 0 saturated heterocycles. The topological polar surface area (TPSA) is 46.3 Å². The highest BCUT2D eigenvalue weighted by Gasteiger charge is 2.00. The van der Waals surface area contributed by atoms with Gasteiger partial charge in [-0.05, 0) is 18.9 Å². The third-order valence-electron chi connectivity index (χ3n) is 3.95. The van der Waals surface area contributed by atoms with Crippen LogP contribution in [0.4, 0.5) is 0 Å². The van der Waals surface area contributed by atoms with Crippen LogP contribution >= 0.6 is 0 Å². The first-order valence-corrected chi connectivity index (χ1v) is 9.58. The molecule has 0 spiro atoms. The molecule has 23 heavy (non-hydrogen) atoms. The van der Waals surface area contributed by atoms with E-state index in [-0.39, 0.29) is 5.91 Å². The molecule has 0 heterocycles. The molecule has 1 unspecified atom stereocenters. The van der Waals surface area contributed by atoms with Gasteiger partial charge in [0.15, 0.2) is 0 Å². The molecule has 0 aromatic heterocycles. The maximum Gasteiger partial charge on any atom is 0.245 e. The van der Waals surface area contributed by atoms with Crippen LogP contribution in [0.3, 0.4) is 0 Å². The van der Waals surface area contributed by atoms with E-state index < -0.39 is 0 Å². The summed E-state index contributed by atoms with van der Waals surface area (Å²) in [5, 5.41) is 0. The third kappa shape index (κ3) is 21.2. The second kappa shape index (κ2) is 19.2. The zero-order valence-corrected chi connectivity index (χ0v) is 16.3. The van der Waals surface area contributed by atoms with Crippen LogP contribution in [0.1, 0.15) is 90.9 Å². The third-order valence-corrected chi connectivity index (χ3v) is 3.95. The fourth-order valence-electron chi connectivity index (χ4n) is 2.41. The van der Waals surface area contributed by atoms with E-state index in [0.29, 0.717) is 6.04 Å². The maximum atomic E-state index is 10.3. The van der Waals surface area contributed by atoms with Crippen LogP contribution in [0.5, 0.6) is 0 Å². The van der Waals surface area contributed by atoms with Crippen LogP contribution in [0.15, 0.2) is 12.7 Å². The average Bonchev–Trinajstić information content (AvgIpc) is 2.53. The van der Waals surface area contributed by atoms with Crippen molar-refractivity contribution in [1.82, 2.24) is 4.90 Å². The molecule has 0 rings (SSSR count). The summed E-state index contributed by atoms with van der Waals surface area (Å²) < 4.78 is 0. The van der Waals surface area contributed by atoms with E-state index in [2.05, 4.69) is 20.4 Å². The Kier molecular flexibility index (Phi) is 20.4. The van der Waals surface area contributed by atoms with Crippen molar-refractivity contribution in [1.29, 1.82) is 0 Å². The predicted octanol–water partition coefficient (Wildman–Crippen LogP) is 5.30. The Bertz CT molecular complexity index is 264. The standard InChI is InChI=1S/C15H33N.C5H9NO/c1-3-5-6-7-8-9-10-11-12-14-15(16)13-4-2;1-4-5(7)6(2)3/h15H,3-14,16H2,1-2H3;4H,1H2,2-3H3. The van der Waals surface area contributed by atoms with Gasteiger partial charge in [-0.3, -0.25) is 4.79 Å². The lowest BCUT2D eigenvalue weighted by Gasteiger charge is -2.09. The summed E-state index contributed by atoms with van der Waals surface area (Å²) in [5.41, 5.74) is 5.98. The van der Waals surface area contributed by atoms with E-state index in [1.165, 1.54) is 88.0 Å². The molecule has 1 amide bonds. The summed E-state index contributed by atoms with van der Waals surface area (Å²) in [4.78, 5) is 11.8. The minimum atomic E-state index is -0.0556. The van der Waals surface area contributed by atoms with E-state index in [4.69, 9.17) is 5.73 Å². The van der Waals surface area contributed by atoms with Gasteiger partial charge in [0.05, 0.1) is 0 Å². The molecule has 0 saturated carbocycles. The molecule has 3 nitrogen and oxygen atoms in total. The number of carbonyl (C=O) groups is 1. The number of nitrogens with zero attached hydrogens (tertiary/aromatic N) is 1. The van der Waals surface area contributed by atoms with Crippen LogP contribution in [-0.2, 0) is 4.79 Å². The first-order chi connectivity index (χ1) is 11.0. The Morgan fingerprint density at radius 3 is 1.74 bits per heavy atom. The largest absolute Gasteiger partial charge is 0.345 e. The molecular formula is C20H42N2O. The van der Waals surface area contributed by atoms with Gasteiger partial charge in [0, 0.05) is 20.1 Å². The van der Waals surface area contributed by atoms with Crippen LogP contribution in [0.25, 0.3) is 0 Å². The van der Waals surface area contributed by atoms with Gasteiger partial charge in [0.1, 0.15) is 0 Å². The van der Waals surface area contributed by atoms with Crippen LogP contribution in [0.2, 0.25) is 0 Å². The van der Waals surface area contributed by atoms with Crippen LogP contribution in [0, 0.1) is 0 Å². The maximum absolute atomic E-state index is 10.3. The van der Waals surface area contributed by atoms with Gasteiger partial charge in [-0.2, -0.15) is 0 Å². The smallest absolute Gasteiger partial charge is 0.245 e. The SMILES string of the molecule is C=CC(=O)N(C)C.CCCCCCCCCCCC(N)CCC. The predicted molar refractivity (Wildman–Crippen MR) is 104 cm³/mol. The van der Waals surface area contributed by atoms with Crippen LogP contribution in [-0.4, -0.2) is 30.9 Å². The second-order valence-corrected chi connectivity index (χ2v) is 6.60. The monoisotopic (exact) mass is 326 g/mol. The zero-order valence-electron chi connectivity index (χ0n) is 16.3. The zero-order chi connectivity index (χ0) is 17.9. The molecule has 0 aliphatic rings. The number of amides is 1. The summed E-state index contributed by atoms with van der Waals surface area (Å²) in [6.07, 6.45) is 17.7. The van der Waals surface area contributed by atoms with E-state index in [1.54, 1.807) is 14.1 Å². The van der Waals surface area contributed by atoms with Gasteiger partial charge in [-0.15, -0.1) is 0 Å². The summed E-state index contributed by atoms with van der Waals surface area (Å²) in [6, 6.07) is 0.467. The summed E-state index contributed by atoms with van der Waals surface area (Å²) in [7, 11) is 3.37. The van der Waals surface area contributed by atoms with Gasteiger partial charge in [-0.1, -0.05) is 84.6 Å². The van der Waals surface area contributed by atoms with Crippen molar-refractivity contribution in [2.45, 2.75) is 96.9 Å². The first kappa shape index (κ1) is 24.4. The highest BCUT2D eigenvalue weighted by atomic mass is 16.2. The molecular weight excluding hydrogens is 284 g/mol. The van der Waals surface area contributed by atoms with Crippen molar-refractivity contribution in [2.75, 3.05) is 14.1 Å². The lowest BCUT2D eigenvalue weighted by Crippen LogP contribution is -2.18. The van der Waals surface area contributed by atoms with E-state index in [1.807, 2.05) is 0 Å². The molecule has 2 N–H and O–H groups in total. The fraction of sp³-hybridized carbons (Fsp3) is 0.850. The average molecular weight is 327 g/mol. The Labute approximate surface area is 145 Å². The van der Waals surface area contributed by atoms with E-state index in [9.17, 15) is 4.79 Å². The Balaban J connectivity index is 0. The Hall–Kier alpha value is -0.830. The Morgan fingerprint density at radius 1 is 0.913 bits per heavy atom. The minimum Gasteiger partial charge on any atom is -0.345 e. The van der Waals surface area contributed by atoms with Gasteiger partial charge in [0.2, 0.25) is 5.91 Å². The second-order valence-electron chi connectivity index (χ2n) is 6.60.